The van der Waals surface area contributed by atoms with E-state index < -0.39 is 36.2 Å². The zero-order chi connectivity index (χ0) is 40.6. The van der Waals surface area contributed by atoms with Crippen molar-refractivity contribution in [3.05, 3.63) is 132 Å². The standard InChI is InChI=1S/C42H42N10O6/c1-25(45-39(53)35(48-41(55)57-2)28-11-6-4-7-12-28)37-43-23-32(46-37)27-18-16-26(17-19-27)30-20-21-31(51-50-30)33-24-44-38(47-33)34-15-10-22-52(34)40(54)36(49-42(56)58-3)29-13-8-5-9-14-29/h4-9,11-14,16-21,23-25,34-36H,10,15,22H2,1-3H3,(H,43,46)(H,44,47)(H,45,53)(H,48,55)(H,49,56)/t25-,34+,35+,36+/m0/s1. The molecule has 6 aromatic rings. The van der Waals surface area contributed by atoms with E-state index >= 15 is 0 Å². The summed E-state index contributed by atoms with van der Waals surface area (Å²) in [5.74, 6) is 0.502. The molecule has 4 atom stereocenters. The Balaban J connectivity index is 0.990. The van der Waals surface area contributed by atoms with E-state index in [1.54, 1.807) is 60.6 Å². The predicted octanol–water partition coefficient (Wildman–Crippen LogP) is 5.96. The Bertz CT molecular complexity index is 2350. The Labute approximate surface area is 333 Å². The van der Waals surface area contributed by atoms with Gasteiger partial charge in [-0.1, -0.05) is 84.9 Å². The lowest BCUT2D eigenvalue weighted by Crippen LogP contribution is -2.42. The smallest absolute Gasteiger partial charge is 0.407 e. The summed E-state index contributed by atoms with van der Waals surface area (Å²) >= 11 is 0. The lowest BCUT2D eigenvalue weighted by atomic mass is 10.1. The number of ether oxygens (including phenoxy) is 2. The molecule has 1 fully saturated rings. The van der Waals surface area contributed by atoms with Crippen LogP contribution in [0, 0.1) is 0 Å². The molecule has 0 radical (unpaired) electrons. The Morgan fingerprint density at radius 2 is 1.28 bits per heavy atom. The number of carbonyl (C=O) groups is 4. The van der Waals surface area contributed by atoms with Gasteiger partial charge in [0.05, 0.1) is 55.8 Å². The number of nitrogens with one attached hydrogen (secondary N) is 5. The number of hydrogen-bond donors (Lipinski definition) is 5. The molecule has 296 valence electrons. The highest BCUT2D eigenvalue weighted by atomic mass is 16.5. The molecule has 1 aliphatic heterocycles. The van der Waals surface area contributed by atoms with E-state index in [1.807, 2.05) is 60.7 Å². The summed E-state index contributed by atoms with van der Waals surface area (Å²) in [6.07, 6.45) is 3.46. The van der Waals surface area contributed by atoms with Crippen LogP contribution in [0.25, 0.3) is 33.9 Å². The highest BCUT2D eigenvalue weighted by Gasteiger charge is 2.37. The zero-order valence-corrected chi connectivity index (χ0v) is 32.0. The monoisotopic (exact) mass is 782 g/mol. The molecular weight excluding hydrogens is 741 g/mol. The molecule has 3 aromatic carbocycles. The van der Waals surface area contributed by atoms with Crippen LogP contribution in [0.5, 0.6) is 0 Å². The number of H-pyrrole nitrogens is 2. The number of rotatable bonds is 12. The number of imidazole rings is 2. The maximum Gasteiger partial charge on any atom is 0.407 e. The van der Waals surface area contributed by atoms with E-state index in [0.29, 0.717) is 52.8 Å². The van der Waals surface area contributed by atoms with E-state index in [9.17, 15) is 19.2 Å². The summed E-state index contributed by atoms with van der Waals surface area (Å²) in [5, 5.41) is 17.1. The van der Waals surface area contributed by atoms with Crippen LogP contribution in [0.2, 0.25) is 0 Å². The summed E-state index contributed by atoms with van der Waals surface area (Å²) < 4.78 is 9.53. The molecule has 0 aliphatic carbocycles. The zero-order valence-electron chi connectivity index (χ0n) is 32.0. The minimum Gasteiger partial charge on any atom is -0.453 e. The molecule has 5 N–H and O–H groups in total. The van der Waals surface area contributed by atoms with Gasteiger partial charge in [0, 0.05) is 12.1 Å². The number of hydrogen-bond acceptors (Lipinski definition) is 10. The average Bonchev–Trinajstić information content (AvgIpc) is 4.07. The second-order valence-corrected chi connectivity index (χ2v) is 13.6. The SMILES string of the molecule is COC(=O)N[C@@H](C(=O)N[C@@H](C)c1ncc(-c2ccc(-c3ccc(-c4cnc([C@H]5CCCN5C(=O)[C@H](NC(=O)OC)c5ccccc5)[nH]4)nn3)cc2)[nH]1)c1ccccc1. The van der Waals surface area contributed by atoms with Crippen LogP contribution in [0.1, 0.15) is 66.7 Å². The topological polar surface area (TPSA) is 209 Å². The van der Waals surface area contributed by atoms with Gasteiger partial charge in [0.2, 0.25) is 5.91 Å². The Morgan fingerprint density at radius 3 is 1.91 bits per heavy atom. The molecule has 1 saturated heterocycles. The fourth-order valence-corrected chi connectivity index (χ4v) is 6.87. The number of alkyl carbamates (subject to hydrolysis) is 2. The number of benzene rings is 3. The van der Waals surface area contributed by atoms with Crippen molar-refractivity contribution >= 4 is 24.0 Å². The van der Waals surface area contributed by atoms with E-state index in [4.69, 9.17) is 9.47 Å². The fraction of sp³-hybridized carbons (Fsp3) is 0.238. The van der Waals surface area contributed by atoms with Gasteiger partial charge in [0.1, 0.15) is 29.4 Å². The number of methoxy groups -OCH3 is 2. The molecule has 1 aliphatic rings. The van der Waals surface area contributed by atoms with E-state index in [0.717, 1.165) is 23.2 Å². The molecule has 16 nitrogen and oxygen atoms in total. The number of nitrogens with zero attached hydrogens (tertiary/aromatic N) is 5. The van der Waals surface area contributed by atoms with Crippen molar-refractivity contribution in [2.24, 2.45) is 0 Å². The first-order chi connectivity index (χ1) is 28.2. The first kappa shape index (κ1) is 38.9. The molecular formula is C42H42N10O6. The lowest BCUT2D eigenvalue weighted by Gasteiger charge is -2.28. The van der Waals surface area contributed by atoms with Crippen LogP contribution in [0.4, 0.5) is 9.59 Å². The maximum atomic E-state index is 13.9. The van der Waals surface area contributed by atoms with E-state index in [2.05, 4.69) is 46.1 Å². The van der Waals surface area contributed by atoms with Crippen molar-refractivity contribution in [1.82, 2.24) is 51.0 Å². The molecule has 0 spiro atoms. The summed E-state index contributed by atoms with van der Waals surface area (Å²) in [4.78, 5) is 68.7. The minimum absolute atomic E-state index is 0.248. The summed E-state index contributed by atoms with van der Waals surface area (Å²) in [6.45, 7) is 2.32. The largest absolute Gasteiger partial charge is 0.453 e. The van der Waals surface area contributed by atoms with E-state index in [1.165, 1.54) is 14.2 Å². The van der Waals surface area contributed by atoms with Crippen molar-refractivity contribution in [2.45, 2.75) is 43.9 Å². The van der Waals surface area contributed by atoms with Crippen LogP contribution in [-0.2, 0) is 19.1 Å². The quantitative estimate of drug-likeness (QED) is 0.0984. The number of likely N-dealkylation sites (tertiary alicyclic amines) is 1. The molecule has 4 heterocycles. The van der Waals surface area contributed by atoms with Crippen LogP contribution < -0.4 is 16.0 Å². The van der Waals surface area contributed by atoms with Gasteiger partial charge in [-0.15, -0.1) is 10.2 Å². The minimum atomic E-state index is -0.954. The highest BCUT2D eigenvalue weighted by Crippen LogP contribution is 2.34. The second-order valence-electron chi connectivity index (χ2n) is 13.6. The second kappa shape index (κ2) is 17.6. The summed E-state index contributed by atoms with van der Waals surface area (Å²) in [7, 11) is 2.51. The van der Waals surface area contributed by atoms with Crippen molar-refractivity contribution in [1.29, 1.82) is 0 Å². The van der Waals surface area contributed by atoms with Crippen LogP contribution in [-0.4, -0.2) is 79.8 Å². The molecule has 16 heteroatoms. The number of aromatic amines is 2. The molecule has 0 unspecified atom stereocenters. The molecule has 4 amide bonds. The van der Waals surface area contributed by atoms with Crippen molar-refractivity contribution < 1.29 is 28.7 Å². The van der Waals surface area contributed by atoms with Gasteiger partial charge in [-0.3, -0.25) is 9.59 Å². The van der Waals surface area contributed by atoms with Crippen molar-refractivity contribution in [2.75, 3.05) is 20.8 Å². The molecule has 0 bridgehead atoms. The molecule has 7 rings (SSSR count). The number of amides is 4. The first-order valence-electron chi connectivity index (χ1n) is 18.7. The predicted molar refractivity (Wildman–Crippen MR) is 212 cm³/mol. The van der Waals surface area contributed by atoms with E-state index in [-0.39, 0.29) is 11.9 Å². The Morgan fingerprint density at radius 1 is 0.690 bits per heavy atom. The van der Waals surface area contributed by atoms with Crippen molar-refractivity contribution in [3.8, 4) is 33.9 Å². The third-order valence-electron chi connectivity index (χ3n) is 9.91. The third-order valence-corrected chi connectivity index (χ3v) is 9.91. The number of carbonyl (C=O) groups excluding carboxylic acids is 4. The Kier molecular flexibility index (Phi) is 11.8. The average molecular weight is 783 g/mol. The Hall–Kier alpha value is -7.36. The van der Waals surface area contributed by atoms with Crippen molar-refractivity contribution in [3.63, 3.8) is 0 Å². The lowest BCUT2D eigenvalue weighted by molar-refractivity contribution is -0.134. The number of aromatic nitrogens is 6. The first-order valence-corrected chi connectivity index (χ1v) is 18.7. The van der Waals surface area contributed by atoms with Crippen LogP contribution in [0.15, 0.2) is 109 Å². The summed E-state index contributed by atoms with van der Waals surface area (Å²) in [5.41, 5.74) is 5.67. The van der Waals surface area contributed by atoms with Gasteiger partial charge in [0.25, 0.3) is 5.91 Å². The third kappa shape index (κ3) is 8.70. The fourth-order valence-electron chi connectivity index (χ4n) is 6.87. The molecule has 58 heavy (non-hydrogen) atoms. The van der Waals surface area contributed by atoms with Gasteiger partial charge in [-0.2, -0.15) is 0 Å². The van der Waals surface area contributed by atoms with Gasteiger partial charge < -0.3 is 40.3 Å². The van der Waals surface area contributed by atoms with Gasteiger partial charge >= 0.3 is 12.2 Å². The molecule has 0 saturated carbocycles. The van der Waals surface area contributed by atoms with Gasteiger partial charge in [-0.25, -0.2) is 19.6 Å². The maximum absolute atomic E-state index is 13.9. The normalized spacial score (nSPS) is 15.2. The highest BCUT2D eigenvalue weighted by molar-refractivity contribution is 5.88. The van der Waals surface area contributed by atoms with Gasteiger partial charge in [-0.05, 0) is 48.6 Å². The summed E-state index contributed by atoms with van der Waals surface area (Å²) in [6, 6.07) is 26.8. The molecule has 3 aromatic heterocycles. The van der Waals surface area contributed by atoms with Gasteiger partial charge in [0.15, 0.2) is 0 Å². The van der Waals surface area contributed by atoms with Crippen LogP contribution >= 0.6 is 0 Å². The van der Waals surface area contributed by atoms with Crippen LogP contribution in [0.3, 0.4) is 0 Å².